The SMILES string of the molecule is CNC(c1ccc2[nH]c(=O)oc2c1)c1ccc(Br)cc1Br. The van der Waals surface area contributed by atoms with Crippen LogP contribution in [0.5, 0.6) is 0 Å². The van der Waals surface area contributed by atoms with Crippen LogP contribution in [0.15, 0.2) is 54.6 Å². The quantitative estimate of drug-likeness (QED) is 0.685. The third-order valence-corrected chi connectivity index (χ3v) is 4.52. The first-order valence-electron chi connectivity index (χ1n) is 6.33. The number of fused-ring (bicyclic) bond motifs is 1. The summed E-state index contributed by atoms with van der Waals surface area (Å²) in [6, 6.07) is 11.8. The lowest BCUT2D eigenvalue weighted by molar-refractivity contribution is 0.554. The summed E-state index contributed by atoms with van der Waals surface area (Å²) in [6.45, 7) is 0. The number of benzene rings is 2. The number of nitrogens with one attached hydrogen (secondary N) is 2. The molecule has 0 spiro atoms. The minimum absolute atomic E-state index is 0.00271. The lowest BCUT2D eigenvalue weighted by atomic mass is 9.98. The molecule has 3 rings (SSSR count). The Balaban J connectivity index is 2.10. The summed E-state index contributed by atoms with van der Waals surface area (Å²) in [4.78, 5) is 13.9. The molecule has 0 bridgehead atoms. The minimum Gasteiger partial charge on any atom is -0.408 e. The first kappa shape index (κ1) is 14.6. The topological polar surface area (TPSA) is 58.0 Å². The molecule has 0 aliphatic heterocycles. The van der Waals surface area contributed by atoms with Crippen molar-refractivity contribution < 1.29 is 4.42 Å². The van der Waals surface area contributed by atoms with Crippen LogP contribution in [0.25, 0.3) is 11.1 Å². The molecule has 21 heavy (non-hydrogen) atoms. The Hall–Kier alpha value is -1.37. The molecule has 1 unspecified atom stereocenters. The molecule has 108 valence electrons. The van der Waals surface area contributed by atoms with Gasteiger partial charge in [0.1, 0.15) is 0 Å². The Labute approximate surface area is 137 Å². The Morgan fingerprint density at radius 2 is 2.00 bits per heavy atom. The van der Waals surface area contributed by atoms with Gasteiger partial charge in [-0.3, -0.25) is 4.98 Å². The first-order valence-corrected chi connectivity index (χ1v) is 7.92. The van der Waals surface area contributed by atoms with E-state index in [1.807, 2.05) is 43.4 Å². The molecule has 0 fully saturated rings. The largest absolute Gasteiger partial charge is 0.417 e. The predicted molar refractivity (Wildman–Crippen MR) is 89.6 cm³/mol. The van der Waals surface area contributed by atoms with E-state index in [0.29, 0.717) is 11.1 Å². The molecule has 3 aromatic rings. The van der Waals surface area contributed by atoms with Crippen molar-refractivity contribution >= 4 is 43.0 Å². The summed E-state index contributed by atoms with van der Waals surface area (Å²) in [6.07, 6.45) is 0. The van der Waals surface area contributed by atoms with Gasteiger partial charge in [-0.2, -0.15) is 0 Å². The van der Waals surface area contributed by atoms with Crippen LogP contribution in [0, 0.1) is 0 Å². The van der Waals surface area contributed by atoms with Gasteiger partial charge in [-0.25, -0.2) is 4.79 Å². The zero-order valence-electron chi connectivity index (χ0n) is 11.1. The second-order valence-corrected chi connectivity index (χ2v) is 6.43. The van der Waals surface area contributed by atoms with Crippen molar-refractivity contribution in [3.05, 3.63) is 67.0 Å². The number of aromatic amines is 1. The van der Waals surface area contributed by atoms with Gasteiger partial charge in [-0.15, -0.1) is 0 Å². The summed E-state index contributed by atoms with van der Waals surface area (Å²) < 4.78 is 7.15. The van der Waals surface area contributed by atoms with Crippen molar-refractivity contribution in [3.8, 4) is 0 Å². The summed E-state index contributed by atoms with van der Waals surface area (Å²) >= 11 is 7.04. The van der Waals surface area contributed by atoms with Crippen molar-refractivity contribution in [3.63, 3.8) is 0 Å². The Kier molecular flexibility index (Phi) is 4.01. The molecule has 6 heteroatoms. The van der Waals surface area contributed by atoms with Crippen molar-refractivity contribution in [2.75, 3.05) is 7.05 Å². The zero-order chi connectivity index (χ0) is 15.0. The van der Waals surface area contributed by atoms with E-state index in [4.69, 9.17) is 4.42 Å². The molecule has 1 aromatic heterocycles. The maximum absolute atomic E-state index is 11.3. The van der Waals surface area contributed by atoms with Gasteiger partial charge < -0.3 is 9.73 Å². The van der Waals surface area contributed by atoms with E-state index in [-0.39, 0.29) is 6.04 Å². The number of rotatable bonds is 3. The molecule has 0 saturated heterocycles. The van der Waals surface area contributed by atoms with Crippen LogP contribution in [0.4, 0.5) is 0 Å². The van der Waals surface area contributed by atoms with E-state index >= 15 is 0 Å². The van der Waals surface area contributed by atoms with Crippen LogP contribution in [-0.2, 0) is 0 Å². The van der Waals surface area contributed by atoms with Crippen molar-refractivity contribution in [2.45, 2.75) is 6.04 Å². The van der Waals surface area contributed by atoms with Gasteiger partial charge in [0.15, 0.2) is 5.58 Å². The molecular weight excluding hydrogens is 400 g/mol. The fourth-order valence-corrected chi connectivity index (χ4v) is 3.65. The number of H-pyrrole nitrogens is 1. The third kappa shape index (κ3) is 2.84. The fraction of sp³-hybridized carbons (Fsp3) is 0.133. The van der Waals surface area contributed by atoms with Gasteiger partial charge in [-0.1, -0.05) is 44.0 Å². The minimum atomic E-state index is -0.437. The van der Waals surface area contributed by atoms with Gasteiger partial charge in [0, 0.05) is 8.95 Å². The molecular formula is C15H12Br2N2O2. The monoisotopic (exact) mass is 410 g/mol. The van der Waals surface area contributed by atoms with Crippen LogP contribution in [-0.4, -0.2) is 12.0 Å². The zero-order valence-corrected chi connectivity index (χ0v) is 14.3. The second kappa shape index (κ2) is 5.79. The smallest absolute Gasteiger partial charge is 0.408 e. The fourth-order valence-electron chi connectivity index (χ4n) is 2.38. The van der Waals surface area contributed by atoms with E-state index in [2.05, 4.69) is 42.2 Å². The van der Waals surface area contributed by atoms with Gasteiger partial charge >= 0.3 is 5.76 Å². The Morgan fingerprint density at radius 3 is 2.71 bits per heavy atom. The third-order valence-electron chi connectivity index (χ3n) is 3.34. The first-order chi connectivity index (χ1) is 10.1. The van der Waals surface area contributed by atoms with E-state index in [1.54, 1.807) is 0 Å². The van der Waals surface area contributed by atoms with Gasteiger partial charge in [-0.05, 0) is 42.4 Å². The van der Waals surface area contributed by atoms with Crippen molar-refractivity contribution in [1.29, 1.82) is 0 Å². The summed E-state index contributed by atoms with van der Waals surface area (Å²) in [5, 5.41) is 3.29. The molecule has 0 amide bonds. The van der Waals surface area contributed by atoms with Gasteiger partial charge in [0.05, 0.1) is 11.6 Å². The summed E-state index contributed by atoms with van der Waals surface area (Å²) in [7, 11) is 1.90. The lowest BCUT2D eigenvalue weighted by Gasteiger charge is -2.19. The van der Waals surface area contributed by atoms with E-state index in [0.717, 1.165) is 20.1 Å². The molecule has 1 heterocycles. The molecule has 2 aromatic carbocycles. The number of hydrogen-bond acceptors (Lipinski definition) is 3. The van der Waals surface area contributed by atoms with E-state index in [1.165, 1.54) is 0 Å². The molecule has 0 aliphatic carbocycles. The number of oxazole rings is 1. The maximum Gasteiger partial charge on any atom is 0.417 e. The highest BCUT2D eigenvalue weighted by molar-refractivity contribution is 9.11. The Bertz CT molecular complexity index is 854. The second-order valence-electron chi connectivity index (χ2n) is 4.66. The molecule has 1 atom stereocenters. The number of aromatic nitrogens is 1. The summed E-state index contributed by atoms with van der Waals surface area (Å²) in [5.74, 6) is -0.437. The van der Waals surface area contributed by atoms with Crippen molar-refractivity contribution in [2.24, 2.45) is 0 Å². The molecule has 4 nitrogen and oxygen atoms in total. The summed E-state index contributed by atoms with van der Waals surface area (Å²) in [5.41, 5.74) is 3.40. The lowest BCUT2D eigenvalue weighted by Crippen LogP contribution is -2.18. The average molecular weight is 412 g/mol. The molecule has 2 N–H and O–H groups in total. The standard InChI is InChI=1S/C15H12Br2N2O2/c1-18-14(10-4-3-9(16)7-11(10)17)8-2-5-12-13(6-8)21-15(20)19-12/h2-7,14,18H,1H3,(H,19,20). The Morgan fingerprint density at radius 1 is 1.19 bits per heavy atom. The normalized spacial score (nSPS) is 12.7. The van der Waals surface area contributed by atoms with E-state index < -0.39 is 5.76 Å². The molecule has 0 aliphatic rings. The van der Waals surface area contributed by atoms with E-state index in [9.17, 15) is 4.79 Å². The van der Waals surface area contributed by atoms with Crippen LogP contribution in [0.1, 0.15) is 17.2 Å². The highest BCUT2D eigenvalue weighted by Crippen LogP contribution is 2.31. The van der Waals surface area contributed by atoms with Crippen LogP contribution in [0.3, 0.4) is 0 Å². The molecule has 0 radical (unpaired) electrons. The predicted octanol–water partition coefficient (Wildman–Crippen LogP) is 3.95. The van der Waals surface area contributed by atoms with Gasteiger partial charge in [0.25, 0.3) is 0 Å². The average Bonchev–Trinajstić information content (AvgIpc) is 2.81. The van der Waals surface area contributed by atoms with Crippen molar-refractivity contribution in [1.82, 2.24) is 10.3 Å². The highest BCUT2D eigenvalue weighted by Gasteiger charge is 2.16. The van der Waals surface area contributed by atoms with Crippen LogP contribution >= 0.6 is 31.9 Å². The number of hydrogen-bond donors (Lipinski definition) is 2. The highest BCUT2D eigenvalue weighted by atomic mass is 79.9. The van der Waals surface area contributed by atoms with Crippen LogP contribution in [0.2, 0.25) is 0 Å². The van der Waals surface area contributed by atoms with Crippen LogP contribution < -0.4 is 11.1 Å². The molecule has 0 saturated carbocycles. The van der Waals surface area contributed by atoms with Gasteiger partial charge in [0.2, 0.25) is 0 Å². The number of halogens is 2. The maximum atomic E-state index is 11.3.